The highest BCUT2D eigenvalue weighted by Gasteiger charge is 2.16. The van der Waals surface area contributed by atoms with Gasteiger partial charge in [-0.05, 0) is 48.2 Å². The van der Waals surface area contributed by atoms with Gasteiger partial charge in [-0.15, -0.1) is 10.2 Å². The lowest BCUT2D eigenvalue weighted by Crippen LogP contribution is -2.27. The lowest BCUT2D eigenvalue weighted by molar-refractivity contribution is -0.118. The molecule has 1 aromatic heterocycles. The molecule has 0 unspecified atom stereocenters. The number of thioether (sulfide) groups is 1. The fourth-order valence-electron chi connectivity index (χ4n) is 3.61. The minimum absolute atomic E-state index is 0.00969. The van der Waals surface area contributed by atoms with E-state index in [2.05, 4.69) is 44.3 Å². The summed E-state index contributed by atoms with van der Waals surface area (Å²) in [5.41, 5.74) is 3.41. The summed E-state index contributed by atoms with van der Waals surface area (Å²) >= 11 is 1.41. The maximum absolute atomic E-state index is 12.4. The van der Waals surface area contributed by atoms with Crippen LogP contribution in [0.2, 0.25) is 0 Å². The molecule has 4 rings (SSSR count). The van der Waals surface area contributed by atoms with Gasteiger partial charge >= 0.3 is 0 Å². The molecule has 1 amide bonds. The van der Waals surface area contributed by atoms with Crippen LogP contribution in [0.15, 0.2) is 90.1 Å². The SMILES string of the molecule is COc1ccc(-c2nnc(SCC(=O)NCCc3ccccc3)n2CCc2ccccc2)cc1. The predicted octanol–water partition coefficient (Wildman–Crippen LogP) is 4.65. The van der Waals surface area contributed by atoms with Crippen LogP contribution in [-0.2, 0) is 24.2 Å². The van der Waals surface area contributed by atoms with Gasteiger partial charge in [0.25, 0.3) is 0 Å². The second-order valence-electron chi connectivity index (χ2n) is 7.80. The highest BCUT2D eigenvalue weighted by Crippen LogP contribution is 2.26. The van der Waals surface area contributed by atoms with Crippen LogP contribution >= 0.6 is 11.8 Å². The second-order valence-corrected chi connectivity index (χ2v) is 8.74. The van der Waals surface area contributed by atoms with Crippen molar-refractivity contribution in [2.24, 2.45) is 0 Å². The lowest BCUT2D eigenvalue weighted by atomic mass is 10.1. The number of hydrogen-bond donors (Lipinski definition) is 1. The van der Waals surface area contributed by atoms with Crippen LogP contribution in [-0.4, -0.2) is 40.1 Å². The van der Waals surface area contributed by atoms with Gasteiger partial charge in [-0.1, -0.05) is 72.4 Å². The summed E-state index contributed by atoms with van der Waals surface area (Å²) in [5.74, 6) is 1.86. The van der Waals surface area contributed by atoms with Crippen LogP contribution in [0.3, 0.4) is 0 Å². The van der Waals surface area contributed by atoms with Crippen LogP contribution in [0, 0.1) is 0 Å². The van der Waals surface area contributed by atoms with Gasteiger partial charge in [0.15, 0.2) is 11.0 Å². The summed E-state index contributed by atoms with van der Waals surface area (Å²) in [6.45, 7) is 1.33. The summed E-state index contributed by atoms with van der Waals surface area (Å²) in [6.07, 6.45) is 1.66. The average molecular weight is 473 g/mol. The van der Waals surface area contributed by atoms with Crippen LogP contribution < -0.4 is 10.1 Å². The van der Waals surface area contributed by atoms with E-state index >= 15 is 0 Å². The molecule has 0 bridgehead atoms. The van der Waals surface area contributed by atoms with Crippen molar-refractivity contribution in [1.29, 1.82) is 0 Å². The maximum Gasteiger partial charge on any atom is 0.230 e. The summed E-state index contributed by atoms with van der Waals surface area (Å²) in [4.78, 5) is 12.4. The molecule has 1 heterocycles. The largest absolute Gasteiger partial charge is 0.497 e. The minimum atomic E-state index is -0.00969. The fraction of sp³-hybridized carbons (Fsp3) is 0.222. The quantitative estimate of drug-likeness (QED) is 0.322. The standard InChI is InChI=1S/C27H28N4O2S/c1-33-24-14-12-23(13-15-24)26-29-30-27(31(26)19-17-22-10-6-3-7-11-22)34-20-25(32)28-18-16-21-8-4-2-5-9-21/h2-15H,16-20H2,1H3,(H,28,32). The number of hydrogen-bond acceptors (Lipinski definition) is 5. The Morgan fingerprint density at radius 1 is 0.882 bits per heavy atom. The Labute approximate surface area is 204 Å². The lowest BCUT2D eigenvalue weighted by Gasteiger charge is -2.11. The highest BCUT2D eigenvalue weighted by atomic mass is 32.2. The smallest absolute Gasteiger partial charge is 0.230 e. The third kappa shape index (κ3) is 6.48. The van der Waals surface area contributed by atoms with Crippen molar-refractivity contribution in [3.05, 3.63) is 96.1 Å². The Balaban J connectivity index is 1.42. The van der Waals surface area contributed by atoms with Gasteiger partial charge in [0.05, 0.1) is 12.9 Å². The van der Waals surface area contributed by atoms with Crippen molar-refractivity contribution in [3.63, 3.8) is 0 Å². The highest BCUT2D eigenvalue weighted by molar-refractivity contribution is 7.99. The molecule has 6 nitrogen and oxygen atoms in total. The van der Waals surface area contributed by atoms with E-state index in [0.717, 1.165) is 41.7 Å². The molecule has 7 heteroatoms. The molecule has 0 aliphatic carbocycles. The molecule has 174 valence electrons. The number of benzene rings is 3. The predicted molar refractivity (Wildman–Crippen MR) is 136 cm³/mol. The van der Waals surface area contributed by atoms with Gasteiger partial charge < -0.3 is 14.6 Å². The number of aromatic nitrogens is 3. The Hall–Kier alpha value is -3.58. The van der Waals surface area contributed by atoms with Gasteiger partial charge in [-0.2, -0.15) is 0 Å². The fourth-order valence-corrected chi connectivity index (χ4v) is 4.40. The van der Waals surface area contributed by atoms with Gasteiger partial charge in [0, 0.05) is 18.7 Å². The third-order valence-electron chi connectivity index (χ3n) is 5.44. The monoisotopic (exact) mass is 472 g/mol. The molecule has 34 heavy (non-hydrogen) atoms. The molecule has 0 fully saturated rings. The molecule has 0 aliphatic heterocycles. The number of amides is 1. The van der Waals surface area contributed by atoms with Crippen molar-refractivity contribution in [2.45, 2.75) is 24.5 Å². The zero-order valence-corrected chi connectivity index (χ0v) is 20.0. The van der Waals surface area contributed by atoms with Crippen molar-refractivity contribution in [1.82, 2.24) is 20.1 Å². The first-order valence-electron chi connectivity index (χ1n) is 11.3. The Kier molecular flexibility index (Phi) is 8.35. The van der Waals surface area contributed by atoms with Crippen LogP contribution in [0.4, 0.5) is 0 Å². The number of carbonyl (C=O) groups excluding carboxylic acids is 1. The number of methoxy groups -OCH3 is 1. The van der Waals surface area contributed by atoms with Gasteiger partial charge in [-0.25, -0.2) is 0 Å². The van der Waals surface area contributed by atoms with Crippen molar-refractivity contribution < 1.29 is 9.53 Å². The molecular formula is C27H28N4O2S. The molecular weight excluding hydrogens is 444 g/mol. The minimum Gasteiger partial charge on any atom is -0.497 e. The van der Waals surface area contributed by atoms with Crippen LogP contribution in [0.5, 0.6) is 5.75 Å². The third-order valence-corrected chi connectivity index (χ3v) is 6.41. The molecule has 0 saturated heterocycles. The average Bonchev–Trinajstić information content (AvgIpc) is 3.30. The number of rotatable bonds is 11. The summed E-state index contributed by atoms with van der Waals surface area (Å²) < 4.78 is 7.37. The van der Waals surface area contributed by atoms with Crippen molar-refractivity contribution in [3.8, 4) is 17.1 Å². The van der Waals surface area contributed by atoms with Crippen molar-refractivity contribution in [2.75, 3.05) is 19.4 Å². The number of aryl methyl sites for hydroxylation is 1. The summed E-state index contributed by atoms with van der Waals surface area (Å²) in [7, 11) is 1.65. The van der Waals surface area contributed by atoms with E-state index in [9.17, 15) is 4.79 Å². The van der Waals surface area contributed by atoms with E-state index in [1.807, 2.05) is 60.7 Å². The second kappa shape index (κ2) is 12.0. The van der Waals surface area contributed by atoms with Crippen molar-refractivity contribution >= 4 is 17.7 Å². The zero-order valence-electron chi connectivity index (χ0n) is 19.2. The van der Waals surface area contributed by atoms with E-state index in [1.54, 1.807) is 7.11 Å². The number of nitrogens with zero attached hydrogens (tertiary/aromatic N) is 3. The van der Waals surface area contributed by atoms with E-state index in [4.69, 9.17) is 4.74 Å². The van der Waals surface area contributed by atoms with Crippen LogP contribution in [0.1, 0.15) is 11.1 Å². The summed E-state index contributed by atoms with van der Waals surface area (Å²) in [6, 6.07) is 28.3. The van der Waals surface area contributed by atoms with E-state index < -0.39 is 0 Å². The first kappa shape index (κ1) is 23.6. The topological polar surface area (TPSA) is 69.0 Å². The Bertz CT molecular complexity index is 1180. The molecule has 0 aliphatic rings. The normalized spacial score (nSPS) is 10.7. The first-order valence-corrected chi connectivity index (χ1v) is 12.3. The Morgan fingerprint density at radius 3 is 2.18 bits per heavy atom. The molecule has 0 atom stereocenters. The van der Waals surface area contributed by atoms with Gasteiger partial charge in [0.1, 0.15) is 5.75 Å². The van der Waals surface area contributed by atoms with E-state index in [1.165, 1.54) is 22.9 Å². The molecule has 0 spiro atoms. The van der Waals surface area contributed by atoms with E-state index in [0.29, 0.717) is 12.3 Å². The molecule has 4 aromatic rings. The van der Waals surface area contributed by atoms with Gasteiger partial charge in [0.2, 0.25) is 5.91 Å². The van der Waals surface area contributed by atoms with Crippen LogP contribution in [0.25, 0.3) is 11.4 Å². The molecule has 1 N–H and O–H groups in total. The molecule has 0 radical (unpaired) electrons. The maximum atomic E-state index is 12.4. The summed E-state index contributed by atoms with van der Waals surface area (Å²) in [5, 5.41) is 12.6. The molecule has 3 aromatic carbocycles. The first-order chi connectivity index (χ1) is 16.7. The molecule has 0 saturated carbocycles. The van der Waals surface area contributed by atoms with E-state index in [-0.39, 0.29) is 5.91 Å². The van der Waals surface area contributed by atoms with Gasteiger partial charge in [-0.3, -0.25) is 4.79 Å². The number of nitrogens with one attached hydrogen (secondary N) is 1. The Morgan fingerprint density at radius 2 is 1.53 bits per heavy atom. The number of ether oxygens (including phenoxy) is 1. The zero-order chi connectivity index (χ0) is 23.6. The number of carbonyl (C=O) groups is 1.